The monoisotopic (exact) mass is 290 g/mol. The first kappa shape index (κ1) is 14.9. The van der Waals surface area contributed by atoms with Gasteiger partial charge < -0.3 is 9.84 Å². The van der Waals surface area contributed by atoms with Gasteiger partial charge >= 0.3 is 0 Å². The van der Waals surface area contributed by atoms with Gasteiger partial charge in [-0.2, -0.15) is 0 Å². The number of ether oxygens (including phenoxy) is 1. The van der Waals surface area contributed by atoms with Gasteiger partial charge in [0.15, 0.2) is 0 Å². The predicted molar refractivity (Wildman–Crippen MR) is 82.4 cm³/mol. The summed E-state index contributed by atoms with van der Waals surface area (Å²) in [4.78, 5) is 0. The molecule has 0 saturated heterocycles. The molecule has 2 aromatic rings. The van der Waals surface area contributed by atoms with Crippen molar-refractivity contribution in [1.29, 1.82) is 0 Å². The summed E-state index contributed by atoms with van der Waals surface area (Å²) in [6, 6.07) is 15.7. The number of methoxy groups -OCH3 is 1. The molecule has 2 aromatic carbocycles. The van der Waals surface area contributed by atoms with Crippen LogP contribution in [0.3, 0.4) is 0 Å². The molecule has 3 heteroatoms. The van der Waals surface area contributed by atoms with E-state index in [4.69, 9.17) is 16.3 Å². The molecule has 0 bridgehead atoms. The Labute approximate surface area is 125 Å². The SMILES string of the molecule is COc1cccc(CC(CO)Cc2ccccc2Cl)c1. The minimum Gasteiger partial charge on any atom is -0.497 e. The number of hydrogen-bond donors (Lipinski definition) is 1. The van der Waals surface area contributed by atoms with Gasteiger partial charge in [0.25, 0.3) is 0 Å². The summed E-state index contributed by atoms with van der Waals surface area (Å²) in [5.41, 5.74) is 2.24. The Morgan fingerprint density at radius 1 is 1.10 bits per heavy atom. The zero-order chi connectivity index (χ0) is 14.4. The van der Waals surface area contributed by atoms with E-state index in [9.17, 15) is 5.11 Å². The van der Waals surface area contributed by atoms with Crippen molar-refractivity contribution in [3.8, 4) is 5.75 Å². The number of halogens is 1. The van der Waals surface area contributed by atoms with Crippen LogP contribution in [0.5, 0.6) is 5.75 Å². The van der Waals surface area contributed by atoms with E-state index in [-0.39, 0.29) is 12.5 Å². The highest BCUT2D eigenvalue weighted by atomic mass is 35.5. The average molecular weight is 291 g/mol. The molecule has 0 heterocycles. The van der Waals surface area contributed by atoms with Crippen molar-refractivity contribution in [3.05, 3.63) is 64.7 Å². The normalized spacial score (nSPS) is 12.2. The fraction of sp³-hybridized carbons (Fsp3) is 0.294. The van der Waals surface area contributed by atoms with Gasteiger partial charge in [-0.05, 0) is 48.1 Å². The number of aliphatic hydroxyl groups is 1. The zero-order valence-electron chi connectivity index (χ0n) is 11.6. The molecular weight excluding hydrogens is 272 g/mol. The third-order valence-corrected chi connectivity index (χ3v) is 3.75. The highest BCUT2D eigenvalue weighted by Gasteiger charge is 2.12. The number of rotatable bonds is 6. The van der Waals surface area contributed by atoms with Gasteiger partial charge in [-0.25, -0.2) is 0 Å². The smallest absolute Gasteiger partial charge is 0.119 e. The van der Waals surface area contributed by atoms with Crippen molar-refractivity contribution in [2.45, 2.75) is 12.8 Å². The number of benzene rings is 2. The topological polar surface area (TPSA) is 29.5 Å². The third-order valence-electron chi connectivity index (χ3n) is 3.38. The standard InChI is InChI=1S/C17H19ClO2/c1-20-16-7-4-5-13(11-16)9-14(12-19)10-15-6-2-3-8-17(15)18/h2-8,11,14,19H,9-10,12H2,1H3. The van der Waals surface area contributed by atoms with E-state index in [2.05, 4.69) is 6.07 Å². The molecule has 2 nitrogen and oxygen atoms in total. The van der Waals surface area contributed by atoms with Gasteiger partial charge in [-0.15, -0.1) is 0 Å². The number of aliphatic hydroxyl groups excluding tert-OH is 1. The second kappa shape index (κ2) is 7.32. The minimum absolute atomic E-state index is 0.141. The molecular formula is C17H19ClO2. The average Bonchev–Trinajstić information content (AvgIpc) is 2.49. The van der Waals surface area contributed by atoms with Gasteiger partial charge in [-0.3, -0.25) is 0 Å². The summed E-state index contributed by atoms with van der Waals surface area (Å²) in [5, 5.41) is 10.4. The molecule has 1 N–H and O–H groups in total. The Bertz CT molecular complexity index is 554. The van der Waals surface area contributed by atoms with Gasteiger partial charge in [-0.1, -0.05) is 41.9 Å². The minimum atomic E-state index is 0.141. The van der Waals surface area contributed by atoms with Crippen LogP contribution in [0.15, 0.2) is 48.5 Å². The Morgan fingerprint density at radius 2 is 1.90 bits per heavy atom. The zero-order valence-corrected chi connectivity index (χ0v) is 12.3. The Morgan fingerprint density at radius 3 is 2.60 bits per heavy atom. The molecule has 0 aliphatic carbocycles. The van der Waals surface area contributed by atoms with E-state index < -0.39 is 0 Å². The van der Waals surface area contributed by atoms with Crippen molar-refractivity contribution >= 4 is 11.6 Å². The van der Waals surface area contributed by atoms with E-state index >= 15 is 0 Å². The van der Waals surface area contributed by atoms with Crippen LogP contribution in [-0.2, 0) is 12.8 Å². The lowest BCUT2D eigenvalue weighted by atomic mass is 9.93. The van der Waals surface area contributed by atoms with Crippen molar-refractivity contribution in [2.75, 3.05) is 13.7 Å². The lowest BCUT2D eigenvalue weighted by molar-refractivity contribution is 0.225. The van der Waals surface area contributed by atoms with Crippen LogP contribution in [0.4, 0.5) is 0 Å². The molecule has 1 unspecified atom stereocenters. The summed E-state index contributed by atoms with van der Waals surface area (Å²) >= 11 is 6.17. The molecule has 0 spiro atoms. The second-order valence-corrected chi connectivity index (χ2v) is 5.31. The summed E-state index contributed by atoms with van der Waals surface area (Å²) in [6.45, 7) is 0.141. The maximum Gasteiger partial charge on any atom is 0.119 e. The van der Waals surface area contributed by atoms with Crippen LogP contribution < -0.4 is 4.74 Å². The van der Waals surface area contributed by atoms with Gasteiger partial charge in [0.2, 0.25) is 0 Å². The van der Waals surface area contributed by atoms with E-state index in [0.29, 0.717) is 0 Å². The van der Waals surface area contributed by atoms with E-state index in [0.717, 1.165) is 34.7 Å². The van der Waals surface area contributed by atoms with Crippen molar-refractivity contribution < 1.29 is 9.84 Å². The second-order valence-electron chi connectivity index (χ2n) is 4.90. The predicted octanol–water partition coefficient (Wildman–Crippen LogP) is 3.74. The lowest BCUT2D eigenvalue weighted by Crippen LogP contribution is -2.13. The highest BCUT2D eigenvalue weighted by Crippen LogP contribution is 2.22. The Balaban J connectivity index is 2.07. The first-order valence-corrected chi connectivity index (χ1v) is 7.08. The highest BCUT2D eigenvalue weighted by molar-refractivity contribution is 6.31. The summed E-state index contributed by atoms with van der Waals surface area (Å²) in [7, 11) is 1.66. The van der Waals surface area contributed by atoms with Gasteiger partial charge in [0, 0.05) is 11.6 Å². The molecule has 106 valence electrons. The number of hydrogen-bond acceptors (Lipinski definition) is 2. The fourth-order valence-electron chi connectivity index (χ4n) is 2.31. The quantitative estimate of drug-likeness (QED) is 0.878. The van der Waals surface area contributed by atoms with Crippen molar-refractivity contribution in [2.24, 2.45) is 5.92 Å². The molecule has 2 rings (SSSR count). The van der Waals surface area contributed by atoms with Crippen LogP contribution in [-0.4, -0.2) is 18.8 Å². The molecule has 0 aromatic heterocycles. The van der Waals surface area contributed by atoms with Crippen LogP contribution in [0, 0.1) is 5.92 Å². The van der Waals surface area contributed by atoms with Crippen LogP contribution >= 0.6 is 11.6 Å². The summed E-state index contributed by atoms with van der Waals surface area (Å²) < 4.78 is 5.22. The molecule has 0 radical (unpaired) electrons. The molecule has 0 amide bonds. The molecule has 0 saturated carbocycles. The van der Waals surface area contributed by atoms with E-state index in [1.165, 1.54) is 0 Å². The van der Waals surface area contributed by atoms with Crippen LogP contribution in [0.2, 0.25) is 5.02 Å². The van der Waals surface area contributed by atoms with E-state index in [1.807, 2.05) is 42.5 Å². The largest absolute Gasteiger partial charge is 0.497 e. The molecule has 1 atom stereocenters. The molecule has 20 heavy (non-hydrogen) atoms. The van der Waals surface area contributed by atoms with Crippen molar-refractivity contribution in [1.82, 2.24) is 0 Å². The molecule has 0 fully saturated rings. The lowest BCUT2D eigenvalue weighted by Gasteiger charge is -2.15. The van der Waals surface area contributed by atoms with Crippen LogP contribution in [0.25, 0.3) is 0 Å². The molecule has 0 aliphatic heterocycles. The fourth-order valence-corrected chi connectivity index (χ4v) is 2.52. The third kappa shape index (κ3) is 3.99. The first-order chi connectivity index (χ1) is 9.72. The van der Waals surface area contributed by atoms with E-state index in [1.54, 1.807) is 7.11 Å². The maximum absolute atomic E-state index is 9.59. The molecule has 0 aliphatic rings. The summed E-state index contributed by atoms with van der Waals surface area (Å²) in [6.07, 6.45) is 1.58. The maximum atomic E-state index is 9.59. The van der Waals surface area contributed by atoms with Gasteiger partial charge in [0.1, 0.15) is 5.75 Å². The van der Waals surface area contributed by atoms with Crippen molar-refractivity contribution in [3.63, 3.8) is 0 Å². The summed E-state index contributed by atoms with van der Waals surface area (Å²) in [5.74, 6) is 0.999. The van der Waals surface area contributed by atoms with Gasteiger partial charge in [0.05, 0.1) is 7.11 Å². The Kier molecular flexibility index (Phi) is 5.45. The Hall–Kier alpha value is -1.51. The first-order valence-electron chi connectivity index (χ1n) is 6.70. The van der Waals surface area contributed by atoms with Crippen LogP contribution in [0.1, 0.15) is 11.1 Å².